The van der Waals surface area contributed by atoms with Crippen molar-refractivity contribution >= 4 is 17.5 Å². The highest BCUT2D eigenvalue weighted by Crippen LogP contribution is 2.30. The third-order valence-electron chi connectivity index (χ3n) is 5.13. The summed E-state index contributed by atoms with van der Waals surface area (Å²) in [5.74, 6) is 0.235. The molecule has 1 aromatic carbocycles. The summed E-state index contributed by atoms with van der Waals surface area (Å²) in [6.07, 6.45) is 5.14. The van der Waals surface area contributed by atoms with Gasteiger partial charge in [-0.2, -0.15) is 0 Å². The zero-order valence-electron chi connectivity index (χ0n) is 14.8. The lowest BCUT2D eigenvalue weighted by Gasteiger charge is -2.28. The van der Waals surface area contributed by atoms with Gasteiger partial charge in [-0.3, -0.25) is 14.5 Å². The molecule has 1 aliphatic carbocycles. The van der Waals surface area contributed by atoms with Crippen molar-refractivity contribution in [1.82, 2.24) is 10.2 Å². The fourth-order valence-corrected chi connectivity index (χ4v) is 3.63. The Balaban J connectivity index is 1.43. The second-order valence-corrected chi connectivity index (χ2v) is 6.90. The first-order valence-corrected chi connectivity index (χ1v) is 9.06. The number of nitrogens with one attached hydrogen (secondary N) is 1. The van der Waals surface area contributed by atoms with Crippen LogP contribution in [0.2, 0.25) is 0 Å². The predicted molar refractivity (Wildman–Crippen MR) is 96.9 cm³/mol. The highest BCUT2D eigenvalue weighted by atomic mass is 16.5. The number of nitrogens with zero attached hydrogens (tertiary/aromatic N) is 1. The first kappa shape index (κ1) is 17.7. The number of benzene rings is 1. The third kappa shape index (κ3) is 3.93. The molecule has 2 aliphatic rings. The summed E-state index contributed by atoms with van der Waals surface area (Å²) in [5, 5.41) is 2.83. The lowest BCUT2D eigenvalue weighted by Crippen LogP contribution is -2.38. The Morgan fingerprint density at radius 1 is 1.28 bits per heavy atom. The molecule has 1 aliphatic heterocycles. The minimum Gasteiger partial charge on any atom is -0.376 e. The van der Waals surface area contributed by atoms with E-state index < -0.39 is 0 Å². The molecule has 0 aromatic heterocycles. The van der Waals surface area contributed by atoms with E-state index in [9.17, 15) is 9.59 Å². The molecule has 0 spiro atoms. The van der Waals surface area contributed by atoms with Crippen molar-refractivity contribution in [3.63, 3.8) is 0 Å². The summed E-state index contributed by atoms with van der Waals surface area (Å²) in [5.41, 5.74) is 1.99. The van der Waals surface area contributed by atoms with Gasteiger partial charge in [-0.15, -0.1) is 0 Å². The molecule has 1 saturated carbocycles. The van der Waals surface area contributed by atoms with Gasteiger partial charge in [-0.1, -0.05) is 44.5 Å². The zero-order chi connectivity index (χ0) is 17.8. The van der Waals surface area contributed by atoms with Crippen LogP contribution in [0.3, 0.4) is 0 Å². The average Bonchev–Trinajstić information content (AvgIpc) is 2.85. The maximum absolute atomic E-state index is 12.4. The molecule has 2 atom stereocenters. The van der Waals surface area contributed by atoms with Crippen LogP contribution in [-0.4, -0.2) is 42.5 Å². The Kier molecular flexibility index (Phi) is 5.53. The molecular weight excluding hydrogens is 316 g/mol. The number of amides is 2. The average molecular weight is 342 g/mol. The molecule has 0 bridgehead atoms. The largest absolute Gasteiger partial charge is 0.376 e. The van der Waals surface area contributed by atoms with Gasteiger partial charge in [0.05, 0.1) is 12.7 Å². The quantitative estimate of drug-likeness (QED) is 0.809. The van der Waals surface area contributed by atoms with E-state index in [-0.39, 0.29) is 18.4 Å². The van der Waals surface area contributed by atoms with Crippen LogP contribution < -0.4 is 5.32 Å². The van der Waals surface area contributed by atoms with Crippen molar-refractivity contribution in [2.75, 3.05) is 19.7 Å². The zero-order valence-corrected chi connectivity index (χ0v) is 14.8. The predicted octanol–water partition coefficient (Wildman–Crippen LogP) is 2.82. The number of ether oxygens (including phenoxy) is 1. The number of carbonyl (C=O) groups is 2. The summed E-state index contributed by atoms with van der Waals surface area (Å²) in [7, 11) is 0. The van der Waals surface area contributed by atoms with Gasteiger partial charge in [0.1, 0.15) is 6.54 Å². The van der Waals surface area contributed by atoms with Crippen molar-refractivity contribution in [3.05, 3.63) is 42.0 Å². The van der Waals surface area contributed by atoms with Crippen molar-refractivity contribution in [3.8, 4) is 0 Å². The van der Waals surface area contributed by atoms with Crippen molar-refractivity contribution < 1.29 is 14.3 Å². The van der Waals surface area contributed by atoms with Gasteiger partial charge in [0.15, 0.2) is 0 Å². The monoisotopic (exact) mass is 342 g/mol. The number of hydrogen-bond donors (Lipinski definition) is 1. The van der Waals surface area contributed by atoms with E-state index in [1.54, 1.807) is 6.07 Å². The smallest absolute Gasteiger partial charge is 0.259 e. The first-order chi connectivity index (χ1) is 12.1. The molecule has 5 nitrogen and oxygen atoms in total. The highest BCUT2D eigenvalue weighted by molar-refractivity contribution is 6.10. The summed E-state index contributed by atoms with van der Waals surface area (Å²) in [6.45, 7) is 7.14. The topological polar surface area (TPSA) is 58.6 Å². The molecule has 1 N–H and O–H groups in total. The van der Waals surface area contributed by atoms with Gasteiger partial charge in [-0.25, -0.2) is 0 Å². The first-order valence-electron chi connectivity index (χ1n) is 9.06. The Morgan fingerprint density at radius 2 is 2.00 bits per heavy atom. The van der Waals surface area contributed by atoms with Crippen LogP contribution in [0.15, 0.2) is 30.8 Å². The normalized spacial score (nSPS) is 22.8. The molecule has 0 unspecified atom stereocenters. The molecule has 2 amide bonds. The number of fused-ring (bicyclic) bond motifs is 1. The minimum atomic E-state index is -0.192. The van der Waals surface area contributed by atoms with E-state index in [1.807, 2.05) is 18.2 Å². The molecule has 0 radical (unpaired) electrons. The third-order valence-corrected chi connectivity index (χ3v) is 5.13. The summed E-state index contributed by atoms with van der Waals surface area (Å²) in [6, 6.07) is 7.30. The number of carbonyl (C=O) groups excluding carboxylic acids is 2. The van der Waals surface area contributed by atoms with Crippen LogP contribution in [0, 0.1) is 5.92 Å². The van der Waals surface area contributed by atoms with E-state index in [4.69, 9.17) is 4.74 Å². The van der Waals surface area contributed by atoms with Crippen LogP contribution in [0.4, 0.5) is 0 Å². The molecule has 3 rings (SSSR count). The van der Waals surface area contributed by atoms with Gasteiger partial charge < -0.3 is 10.1 Å². The van der Waals surface area contributed by atoms with Gasteiger partial charge in [-0.05, 0) is 24.8 Å². The van der Waals surface area contributed by atoms with E-state index >= 15 is 0 Å². The van der Waals surface area contributed by atoms with E-state index in [1.165, 1.54) is 24.2 Å². The molecule has 134 valence electrons. The Labute approximate surface area is 149 Å². The van der Waals surface area contributed by atoms with E-state index in [0.717, 1.165) is 12.0 Å². The molecule has 1 aromatic rings. The van der Waals surface area contributed by atoms with Crippen LogP contribution in [0.1, 0.15) is 48.5 Å². The maximum Gasteiger partial charge on any atom is 0.259 e. The highest BCUT2D eigenvalue weighted by Gasteiger charge is 2.31. The minimum absolute atomic E-state index is 0.00776. The van der Waals surface area contributed by atoms with Crippen LogP contribution in [0.5, 0.6) is 0 Å². The lowest BCUT2D eigenvalue weighted by atomic mass is 9.88. The number of hydrogen-bond acceptors (Lipinski definition) is 3. The summed E-state index contributed by atoms with van der Waals surface area (Å²) < 4.78 is 5.90. The molecular formula is C20H26N2O3. The Hall–Kier alpha value is -2.14. The lowest BCUT2D eigenvalue weighted by molar-refractivity contribution is -0.121. The van der Waals surface area contributed by atoms with Gasteiger partial charge in [0.25, 0.3) is 5.91 Å². The van der Waals surface area contributed by atoms with Crippen LogP contribution in [0.25, 0.3) is 5.70 Å². The standard InChI is InChI=1S/C20H26N2O3/c1-14-7-3-6-10-18(14)25-12-11-21-19(23)13-22-15(2)16-8-4-5-9-17(16)20(22)24/h4-5,8-9,14,18H,2-3,6-7,10-13H2,1H3,(H,21,23)/t14-,18-/m0/s1. The van der Waals surface area contributed by atoms with Gasteiger partial charge in [0.2, 0.25) is 5.91 Å². The molecule has 1 heterocycles. The van der Waals surface area contributed by atoms with Crippen LogP contribution in [-0.2, 0) is 9.53 Å². The van der Waals surface area contributed by atoms with Gasteiger partial charge >= 0.3 is 0 Å². The van der Waals surface area contributed by atoms with E-state index in [0.29, 0.717) is 36.4 Å². The SMILES string of the molecule is C=C1c2ccccc2C(=O)N1CC(=O)NCCO[C@H]1CCCC[C@@H]1C. The van der Waals surface area contributed by atoms with E-state index in [2.05, 4.69) is 18.8 Å². The molecule has 25 heavy (non-hydrogen) atoms. The summed E-state index contributed by atoms with van der Waals surface area (Å²) >= 11 is 0. The second-order valence-electron chi connectivity index (χ2n) is 6.90. The fraction of sp³-hybridized carbons (Fsp3) is 0.500. The fourth-order valence-electron chi connectivity index (χ4n) is 3.63. The molecule has 1 fully saturated rings. The van der Waals surface area contributed by atoms with Crippen molar-refractivity contribution in [2.45, 2.75) is 38.7 Å². The summed E-state index contributed by atoms with van der Waals surface area (Å²) in [4.78, 5) is 26.0. The Morgan fingerprint density at radius 3 is 2.72 bits per heavy atom. The van der Waals surface area contributed by atoms with Crippen LogP contribution >= 0.6 is 0 Å². The maximum atomic E-state index is 12.4. The number of rotatable bonds is 6. The van der Waals surface area contributed by atoms with Crippen molar-refractivity contribution in [1.29, 1.82) is 0 Å². The Bertz CT molecular complexity index is 636. The second kappa shape index (κ2) is 7.83. The molecule has 5 heteroatoms. The van der Waals surface area contributed by atoms with Crippen molar-refractivity contribution in [2.24, 2.45) is 5.92 Å². The van der Waals surface area contributed by atoms with Gasteiger partial charge in [0, 0.05) is 23.4 Å². The molecule has 0 saturated heterocycles.